The van der Waals surface area contributed by atoms with Crippen molar-refractivity contribution in [3.63, 3.8) is 0 Å². The van der Waals surface area contributed by atoms with E-state index in [-0.39, 0.29) is 12.7 Å². The van der Waals surface area contributed by atoms with Gasteiger partial charge in [0.1, 0.15) is 0 Å². The minimum Gasteiger partial charge on any atom is -0.454 e. The maximum Gasteiger partial charge on any atom is 0.252 e. The summed E-state index contributed by atoms with van der Waals surface area (Å²) in [5.74, 6) is 1.000. The van der Waals surface area contributed by atoms with Crippen LogP contribution in [-0.2, 0) is 0 Å². The molecule has 2 rings (SSSR count). The van der Waals surface area contributed by atoms with E-state index in [1.165, 1.54) is 0 Å². The number of nitrogens with two attached hydrogens (primary N) is 1. The van der Waals surface area contributed by atoms with E-state index in [0.29, 0.717) is 34.9 Å². The van der Waals surface area contributed by atoms with Gasteiger partial charge >= 0.3 is 0 Å². The molecule has 0 unspecified atom stereocenters. The highest BCUT2D eigenvalue weighted by Crippen LogP contribution is 2.32. The molecule has 0 aromatic heterocycles. The summed E-state index contributed by atoms with van der Waals surface area (Å²) in [5, 5.41) is 2.94. The van der Waals surface area contributed by atoms with E-state index in [4.69, 9.17) is 27.4 Å². The Labute approximate surface area is 123 Å². The predicted molar refractivity (Wildman–Crippen MR) is 80.1 cm³/mol. The topological polar surface area (TPSA) is 73.6 Å². The van der Waals surface area contributed by atoms with Gasteiger partial charge in [-0.2, -0.15) is 0 Å². The van der Waals surface area contributed by atoms with Gasteiger partial charge in [0.15, 0.2) is 11.5 Å². The fourth-order valence-electron chi connectivity index (χ4n) is 2.16. The van der Waals surface area contributed by atoms with Crippen LogP contribution in [0, 0.1) is 0 Å². The second-order valence-electron chi connectivity index (χ2n) is 4.68. The SMILES string of the molecule is CCC(CC)(NC(=O)c1ccc2c(c1)OCO2)C(N)=S. The van der Waals surface area contributed by atoms with E-state index < -0.39 is 5.54 Å². The first-order valence-corrected chi connectivity index (χ1v) is 6.95. The molecule has 1 heterocycles. The van der Waals surface area contributed by atoms with Gasteiger partial charge in [-0.1, -0.05) is 26.1 Å². The van der Waals surface area contributed by atoms with Gasteiger partial charge in [0.2, 0.25) is 6.79 Å². The number of benzene rings is 1. The molecular formula is C14H18N2O3S. The first-order chi connectivity index (χ1) is 9.52. The van der Waals surface area contributed by atoms with Gasteiger partial charge in [-0.15, -0.1) is 0 Å². The van der Waals surface area contributed by atoms with Gasteiger partial charge in [0.25, 0.3) is 5.91 Å². The lowest BCUT2D eigenvalue weighted by atomic mass is 9.92. The van der Waals surface area contributed by atoms with Crippen molar-refractivity contribution in [1.82, 2.24) is 5.32 Å². The van der Waals surface area contributed by atoms with Crippen molar-refractivity contribution >= 4 is 23.1 Å². The maximum absolute atomic E-state index is 12.4. The molecule has 0 saturated heterocycles. The standard InChI is InChI=1S/C14H18N2O3S/c1-3-14(4-2,13(15)20)16-12(17)9-5-6-10-11(7-9)19-8-18-10/h5-7H,3-4,8H2,1-2H3,(H2,15,20)(H,16,17). The second kappa shape index (κ2) is 5.66. The summed E-state index contributed by atoms with van der Waals surface area (Å²) in [4.78, 5) is 12.7. The van der Waals surface area contributed by atoms with Crippen LogP contribution in [0.2, 0.25) is 0 Å². The van der Waals surface area contributed by atoms with Crippen LogP contribution in [0.15, 0.2) is 18.2 Å². The van der Waals surface area contributed by atoms with Crippen LogP contribution in [0.5, 0.6) is 11.5 Å². The number of fused-ring (bicyclic) bond motifs is 1. The largest absolute Gasteiger partial charge is 0.454 e. The van der Waals surface area contributed by atoms with Gasteiger partial charge in [0, 0.05) is 5.56 Å². The van der Waals surface area contributed by atoms with Crippen LogP contribution in [-0.4, -0.2) is 23.2 Å². The van der Waals surface area contributed by atoms with E-state index in [0.717, 1.165) is 0 Å². The average Bonchev–Trinajstić information content (AvgIpc) is 2.91. The zero-order valence-electron chi connectivity index (χ0n) is 11.6. The lowest BCUT2D eigenvalue weighted by Gasteiger charge is -2.31. The van der Waals surface area contributed by atoms with Crippen molar-refractivity contribution < 1.29 is 14.3 Å². The molecule has 20 heavy (non-hydrogen) atoms. The summed E-state index contributed by atoms with van der Waals surface area (Å²) >= 11 is 5.09. The van der Waals surface area contributed by atoms with E-state index in [1.807, 2.05) is 13.8 Å². The van der Waals surface area contributed by atoms with Crippen LogP contribution in [0.25, 0.3) is 0 Å². The third-order valence-electron chi connectivity index (χ3n) is 3.67. The first-order valence-electron chi connectivity index (χ1n) is 6.54. The van der Waals surface area contributed by atoms with E-state index in [9.17, 15) is 4.79 Å². The van der Waals surface area contributed by atoms with Crippen molar-refractivity contribution in [1.29, 1.82) is 0 Å². The first kappa shape index (κ1) is 14.6. The zero-order chi connectivity index (χ0) is 14.8. The van der Waals surface area contributed by atoms with Crippen LogP contribution in [0.3, 0.4) is 0 Å². The van der Waals surface area contributed by atoms with E-state index >= 15 is 0 Å². The van der Waals surface area contributed by atoms with Gasteiger partial charge in [-0.25, -0.2) is 0 Å². The number of hydrogen-bond donors (Lipinski definition) is 2. The summed E-state index contributed by atoms with van der Waals surface area (Å²) < 4.78 is 10.5. The number of carbonyl (C=O) groups is 1. The van der Waals surface area contributed by atoms with Crippen molar-refractivity contribution in [3.05, 3.63) is 23.8 Å². The smallest absolute Gasteiger partial charge is 0.252 e. The molecule has 0 radical (unpaired) electrons. The maximum atomic E-state index is 12.4. The number of ether oxygens (including phenoxy) is 2. The lowest BCUT2D eigenvalue weighted by Crippen LogP contribution is -2.55. The van der Waals surface area contributed by atoms with E-state index in [1.54, 1.807) is 18.2 Å². The molecule has 108 valence electrons. The molecule has 1 aliphatic rings. The zero-order valence-corrected chi connectivity index (χ0v) is 12.4. The molecule has 0 saturated carbocycles. The fourth-order valence-corrected chi connectivity index (χ4v) is 2.50. The van der Waals surface area contributed by atoms with Gasteiger partial charge < -0.3 is 20.5 Å². The second-order valence-corrected chi connectivity index (χ2v) is 5.12. The molecule has 1 aromatic rings. The van der Waals surface area contributed by atoms with Crippen molar-refractivity contribution in [2.24, 2.45) is 5.73 Å². The molecule has 0 spiro atoms. The average molecular weight is 294 g/mol. The fraction of sp³-hybridized carbons (Fsp3) is 0.429. The minimum atomic E-state index is -0.650. The van der Waals surface area contributed by atoms with Crippen LogP contribution in [0.4, 0.5) is 0 Å². The molecule has 0 fully saturated rings. The summed E-state index contributed by atoms with van der Waals surface area (Å²) in [7, 11) is 0. The number of amides is 1. The number of carbonyl (C=O) groups excluding carboxylic acids is 1. The monoisotopic (exact) mass is 294 g/mol. The summed E-state index contributed by atoms with van der Waals surface area (Å²) in [6.07, 6.45) is 1.30. The summed E-state index contributed by atoms with van der Waals surface area (Å²) in [6.45, 7) is 4.08. The summed E-state index contributed by atoms with van der Waals surface area (Å²) in [6, 6.07) is 5.07. The molecular weight excluding hydrogens is 276 g/mol. The Morgan fingerprint density at radius 2 is 2.00 bits per heavy atom. The highest BCUT2D eigenvalue weighted by atomic mass is 32.1. The number of rotatable bonds is 5. The molecule has 3 N–H and O–H groups in total. The van der Waals surface area contributed by atoms with Crippen molar-refractivity contribution in [3.8, 4) is 11.5 Å². The summed E-state index contributed by atoms with van der Waals surface area (Å²) in [5.41, 5.74) is 5.63. The Hall–Kier alpha value is -1.82. The molecule has 1 aromatic carbocycles. The Balaban J connectivity index is 2.21. The molecule has 6 heteroatoms. The Morgan fingerprint density at radius 1 is 1.35 bits per heavy atom. The van der Waals surface area contributed by atoms with Crippen molar-refractivity contribution in [2.75, 3.05) is 6.79 Å². The molecule has 0 aliphatic carbocycles. The molecule has 1 aliphatic heterocycles. The number of nitrogens with one attached hydrogen (secondary N) is 1. The highest BCUT2D eigenvalue weighted by Gasteiger charge is 2.32. The van der Waals surface area contributed by atoms with Gasteiger partial charge in [-0.3, -0.25) is 4.79 Å². The van der Waals surface area contributed by atoms with Crippen LogP contribution < -0.4 is 20.5 Å². The Kier molecular flexibility index (Phi) is 4.13. The lowest BCUT2D eigenvalue weighted by molar-refractivity contribution is 0.0919. The minimum absolute atomic E-state index is 0.182. The number of thiocarbonyl (C=S) groups is 1. The molecule has 0 bridgehead atoms. The normalized spacial score (nSPS) is 13.1. The van der Waals surface area contributed by atoms with Crippen LogP contribution >= 0.6 is 12.2 Å². The molecule has 0 atom stereocenters. The third-order valence-corrected chi connectivity index (χ3v) is 4.06. The quantitative estimate of drug-likeness (QED) is 0.812. The Bertz CT molecular complexity index is 541. The van der Waals surface area contributed by atoms with E-state index in [2.05, 4.69) is 5.32 Å². The highest BCUT2D eigenvalue weighted by molar-refractivity contribution is 7.80. The van der Waals surface area contributed by atoms with Crippen molar-refractivity contribution in [2.45, 2.75) is 32.2 Å². The predicted octanol–water partition coefficient (Wildman–Crippen LogP) is 1.99. The van der Waals surface area contributed by atoms with Crippen LogP contribution in [0.1, 0.15) is 37.0 Å². The Morgan fingerprint density at radius 3 is 2.60 bits per heavy atom. The van der Waals surface area contributed by atoms with Gasteiger partial charge in [-0.05, 0) is 31.0 Å². The third kappa shape index (κ3) is 2.56. The molecule has 5 nitrogen and oxygen atoms in total. The van der Waals surface area contributed by atoms with Gasteiger partial charge in [0.05, 0.1) is 10.5 Å². The molecule has 1 amide bonds. The number of hydrogen-bond acceptors (Lipinski definition) is 4.